The van der Waals surface area contributed by atoms with Crippen molar-refractivity contribution in [2.45, 2.75) is 58.5 Å². The summed E-state index contributed by atoms with van der Waals surface area (Å²) in [5, 5.41) is 14.7. The zero-order valence-electron chi connectivity index (χ0n) is 18.2. The Bertz CT molecular complexity index is 1070. The van der Waals surface area contributed by atoms with Crippen LogP contribution in [0.2, 0.25) is 0 Å². The van der Waals surface area contributed by atoms with Gasteiger partial charge in [-0.15, -0.1) is 5.10 Å². The molecule has 2 fully saturated rings. The standard InChI is InChI=1S/C21H26N8O3/c1-13-17(11-32-19(13)30)28-8-7-21(20(28)31)5-3-15(4-6-21)22-9-16-14(2)25-18(10-23-16)29-12-24-26-27-29/h10,12,15,22H,3-9,11H2,1-2H3. The van der Waals surface area contributed by atoms with Crippen LogP contribution in [0.15, 0.2) is 23.8 Å². The first-order valence-corrected chi connectivity index (χ1v) is 10.9. The summed E-state index contributed by atoms with van der Waals surface area (Å²) in [6, 6.07) is 0.334. The number of carbonyl (C=O) groups excluding carboxylic acids is 2. The predicted octanol–water partition coefficient (Wildman–Crippen LogP) is 0.842. The number of cyclic esters (lactones) is 1. The summed E-state index contributed by atoms with van der Waals surface area (Å²) in [4.78, 5) is 35.8. The molecule has 0 radical (unpaired) electrons. The van der Waals surface area contributed by atoms with Crippen molar-refractivity contribution in [3.05, 3.63) is 35.2 Å². The van der Waals surface area contributed by atoms with Crippen molar-refractivity contribution < 1.29 is 14.3 Å². The second-order valence-electron chi connectivity index (χ2n) is 8.80. The molecule has 5 rings (SSSR count). The van der Waals surface area contributed by atoms with Crippen LogP contribution in [0.1, 0.15) is 50.4 Å². The number of hydrogen-bond acceptors (Lipinski definition) is 9. The predicted molar refractivity (Wildman–Crippen MR) is 111 cm³/mol. The lowest BCUT2D eigenvalue weighted by Gasteiger charge is -2.36. The van der Waals surface area contributed by atoms with Crippen molar-refractivity contribution in [2.24, 2.45) is 5.41 Å². The molecule has 3 aliphatic rings. The summed E-state index contributed by atoms with van der Waals surface area (Å²) in [6.07, 6.45) is 7.56. The third-order valence-corrected chi connectivity index (χ3v) is 7.04. The van der Waals surface area contributed by atoms with E-state index < -0.39 is 0 Å². The van der Waals surface area contributed by atoms with Gasteiger partial charge in [0.05, 0.1) is 34.3 Å². The van der Waals surface area contributed by atoms with Gasteiger partial charge in [0, 0.05) is 19.1 Å². The number of tetrazole rings is 1. The van der Waals surface area contributed by atoms with E-state index in [4.69, 9.17) is 4.74 Å². The Hall–Kier alpha value is -3.21. The average Bonchev–Trinajstić information content (AvgIpc) is 3.52. The molecule has 1 saturated heterocycles. The topological polar surface area (TPSA) is 128 Å². The maximum atomic E-state index is 13.3. The summed E-state index contributed by atoms with van der Waals surface area (Å²) >= 11 is 0. The van der Waals surface area contributed by atoms with Gasteiger partial charge in [-0.25, -0.2) is 9.78 Å². The van der Waals surface area contributed by atoms with E-state index in [1.807, 2.05) is 6.92 Å². The molecule has 32 heavy (non-hydrogen) atoms. The minimum absolute atomic E-state index is 0.156. The molecule has 2 aromatic rings. The van der Waals surface area contributed by atoms with E-state index in [-0.39, 0.29) is 23.9 Å². The SMILES string of the molecule is CC1=C(N2CCC3(CCC(NCc4ncc(-n5cnnn5)nc4C)CC3)C2=O)COC1=O. The Labute approximate surface area is 185 Å². The van der Waals surface area contributed by atoms with Crippen LogP contribution in [-0.2, 0) is 20.9 Å². The fourth-order valence-electron chi connectivity index (χ4n) is 4.95. The molecular formula is C21H26N8O3. The summed E-state index contributed by atoms with van der Waals surface area (Å²) in [5.74, 6) is 0.425. The molecule has 2 aliphatic heterocycles. The zero-order valence-corrected chi connectivity index (χ0v) is 18.2. The Morgan fingerprint density at radius 2 is 2.03 bits per heavy atom. The molecule has 0 unspecified atom stereocenters. The third-order valence-electron chi connectivity index (χ3n) is 7.04. The largest absolute Gasteiger partial charge is 0.456 e. The second-order valence-corrected chi connectivity index (χ2v) is 8.80. The summed E-state index contributed by atoms with van der Waals surface area (Å²) < 4.78 is 6.58. The Morgan fingerprint density at radius 3 is 2.69 bits per heavy atom. The van der Waals surface area contributed by atoms with Crippen molar-refractivity contribution in [3.8, 4) is 5.82 Å². The molecule has 0 atom stereocenters. The molecule has 1 aliphatic carbocycles. The van der Waals surface area contributed by atoms with Gasteiger partial charge in [0.15, 0.2) is 5.82 Å². The highest BCUT2D eigenvalue weighted by molar-refractivity contribution is 5.94. The molecule has 0 aromatic carbocycles. The van der Waals surface area contributed by atoms with E-state index in [0.717, 1.165) is 49.2 Å². The molecule has 4 heterocycles. The number of amides is 1. The van der Waals surface area contributed by atoms with E-state index >= 15 is 0 Å². The first-order chi connectivity index (χ1) is 15.5. The Morgan fingerprint density at radius 1 is 1.22 bits per heavy atom. The van der Waals surface area contributed by atoms with Gasteiger partial charge in [0.1, 0.15) is 12.9 Å². The smallest absolute Gasteiger partial charge is 0.336 e. The van der Waals surface area contributed by atoms with Crippen LogP contribution < -0.4 is 5.32 Å². The molecule has 1 N–H and O–H groups in total. The van der Waals surface area contributed by atoms with Gasteiger partial charge in [-0.1, -0.05) is 0 Å². The van der Waals surface area contributed by atoms with Crippen molar-refractivity contribution in [1.82, 2.24) is 40.4 Å². The maximum absolute atomic E-state index is 13.3. The van der Waals surface area contributed by atoms with Gasteiger partial charge < -0.3 is 15.0 Å². The molecule has 11 nitrogen and oxygen atoms in total. The Balaban J connectivity index is 1.17. The van der Waals surface area contributed by atoms with E-state index in [1.165, 1.54) is 11.0 Å². The molecule has 0 bridgehead atoms. The van der Waals surface area contributed by atoms with Crippen molar-refractivity contribution in [1.29, 1.82) is 0 Å². The minimum atomic E-state index is -0.314. The van der Waals surface area contributed by atoms with Crippen LogP contribution in [0.3, 0.4) is 0 Å². The van der Waals surface area contributed by atoms with E-state index in [0.29, 0.717) is 30.5 Å². The van der Waals surface area contributed by atoms with Gasteiger partial charge >= 0.3 is 5.97 Å². The fraction of sp³-hybridized carbons (Fsp3) is 0.571. The molecule has 2 aromatic heterocycles. The first-order valence-electron chi connectivity index (χ1n) is 10.9. The number of likely N-dealkylation sites (tertiary alicyclic amines) is 1. The quantitative estimate of drug-likeness (QED) is 0.675. The van der Waals surface area contributed by atoms with Gasteiger partial charge in [-0.2, -0.15) is 4.68 Å². The van der Waals surface area contributed by atoms with Crippen molar-refractivity contribution in [2.75, 3.05) is 13.2 Å². The number of nitrogens with one attached hydrogen (secondary N) is 1. The van der Waals surface area contributed by atoms with Crippen molar-refractivity contribution >= 4 is 11.9 Å². The van der Waals surface area contributed by atoms with Crippen LogP contribution in [0.4, 0.5) is 0 Å². The van der Waals surface area contributed by atoms with E-state index in [2.05, 4.69) is 30.8 Å². The average molecular weight is 438 g/mol. The maximum Gasteiger partial charge on any atom is 0.336 e. The highest BCUT2D eigenvalue weighted by atomic mass is 16.5. The van der Waals surface area contributed by atoms with Crippen LogP contribution in [0.5, 0.6) is 0 Å². The summed E-state index contributed by atoms with van der Waals surface area (Å²) in [6.45, 7) is 5.17. The number of ether oxygens (including phenoxy) is 1. The number of carbonyl (C=O) groups is 2. The number of aromatic nitrogens is 6. The lowest BCUT2D eigenvalue weighted by atomic mass is 9.71. The summed E-state index contributed by atoms with van der Waals surface area (Å²) in [5.41, 5.74) is 2.72. The number of aryl methyl sites for hydroxylation is 1. The monoisotopic (exact) mass is 438 g/mol. The van der Waals surface area contributed by atoms with Crippen LogP contribution in [-0.4, -0.2) is 66.1 Å². The molecule has 1 amide bonds. The molecule has 1 spiro atoms. The lowest BCUT2D eigenvalue weighted by molar-refractivity contribution is -0.138. The van der Waals surface area contributed by atoms with Gasteiger partial charge in [-0.3, -0.25) is 9.78 Å². The van der Waals surface area contributed by atoms with Crippen LogP contribution in [0, 0.1) is 12.3 Å². The van der Waals surface area contributed by atoms with Gasteiger partial charge in [-0.05, 0) is 56.4 Å². The Kier molecular flexibility index (Phi) is 5.20. The highest BCUT2D eigenvalue weighted by Gasteiger charge is 2.50. The van der Waals surface area contributed by atoms with Gasteiger partial charge in [0.2, 0.25) is 5.91 Å². The van der Waals surface area contributed by atoms with Gasteiger partial charge in [0.25, 0.3) is 0 Å². The fourth-order valence-corrected chi connectivity index (χ4v) is 4.95. The van der Waals surface area contributed by atoms with Crippen LogP contribution in [0.25, 0.3) is 5.82 Å². The molecule has 168 valence electrons. The van der Waals surface area contributed by atoms with Crippen molar-refractivity contribution in [3.63, 3.8) is 0 Å². The van der Waals surface area contributed by atoms with E-state index in [9.17, 15) is 9.59 Å². The number of hydrogen-bond donors (Lipinski definition) is 1. The second kappa shape index (κ2) is 8.05. The molecule has 1 saturated carbocycles. The minimum Gasteiger partial charge on any atom is -0.456 e. The number of rotatable bonds is 5. The molecular weight excluding hydrogens is 412 g/mol. The zero-order chi connectivity index (χ0) is 22.3. The molecule has 11 heteroatoms. The lowest BCUT2D eigenvalue weighted by Crippen LogP contribution is -2.42. The van der Waals surface area contributed by atoms with Crippen LogP contribution >= 0.6 is 0 Å². The highest BCUT2D eigenvalue weighted by Crippen LogP contribution is 2.46. The number of nitrogens with zero attached hydrogens (tertiary/aromatic N) is 7. The normalized spacial score (nSPS) is 25.8. The first kappa shape index (κ1) is 20.7. The summed E-state index contributed by atoms with van der Waals surface area (Å²) in [7, 11) is 0. The van der Waals surface area contributed by atoms with E-state index in [1.54, 1.807) is 18.0 Å². The number of esters is 1. The third kappa shape index (κ3) is 3.56.